The Kier molecular flexibility index (Phi) is 3.49. The van der Waals surface area contributed by atoms with Gasteiger partial charge in [0.25, 0.3) is 0 Å². The van der Waals surface area contributed by atoms with E-state index in [0.717, 1.165) is 17.1 Å². The SMILES string of the molecule is CCN(CC(=O)O)Cc1ccc2c(c1)OCO2. The van der Waals surface area contributed by atoms with E-state index in [1.807, 2.05) is 30.0 Å². The third-order valence-corrected chi connectivity index (χ3v) is 2.65. The third kappa shape index (κ3) is 2.88. The summed E-state index contributed by atoms with van der Waals surface area (Å²) in [5, 5.41) is 8.76. The highest BCUT2D eigenvalue weighted by atomic mass is 16.7. The Hall–Kier alpha value is -1.75. The van der Waals surface area contributed by atoms with Gasteiger partial charge in [-0.05, 0) is 24.2 Å². The molecule has 0 aromatic heterocycles. The number of rotatable bonds is 5. The number of likely N-dealkylation sites (N-methyl/N-ethyl adjacent to an activating group) is 1. The molecule has 92 valence electrons. The minimum atomic E-state index is -0.812. The van der Waals surface area contributed by atoms with Crippen LogP contribution in [0.15, 0.2) is 18.2 Å². The number of carbonyl (C=O) groups is 1. The maximum atomic E-state index is 10.7. The molecule has 1 aliphatic heterocycles. The van der Waals surface area contributed by atoms with Gasteiger partial charge in [0.2, 0.25) is 6.79 Å². The van der Waals surface area contributed by atoms with Crippen LogP contribution >= 0.6 is 0 Å². The van der Waals surface area contributed by atoms with Crippen LogP contribution in [-0.2, 0) is 11.3 Å². The van der Waals surface area contributed by atoms with Crippen molar-refractivity contribution in [2.45, 2.75) is 13.5 Å². The van der Waals surface area contributed by atoms with Crippen molar-refractivity contribution in [3.63, 3.8) is 0 Å². The molecule has 1 aromatic rings. The van der Waals surface area contributed by atoms with E-state index in [1.54, 1.807) is 0 Å². The molecule has 5 nitrogen and oxygen atoms in total. The molecule has 0 amide bonds. The lowest BCUT2D eigenvalue weighted by Crippen LogP contribution is -2.29. The molecule has 1 aliphatic rings. The molecule has 0 aliphatic carbocycles. The maximum Gasteiger partial charge on any atom is 0.317 e. The van der Waals surface area contributed by atoms with Gasteiger partial charge < -0.3 is 14.6 Å². The Morgan fingerprint density at radius 1 is 1.41 bits per heavy atom. The fraction of sp³-hybridized carbons (Fsp3) is 0.417. The van der Waals surface area contributed by atoms with E-state index in [-0.39, 0.29) is 13.3 Å². The second-order valence-electron chi connectivity index (χ2n) is 3.88. The van der Waals surface area contributed by atoms with Crippen molar-refractivity contribution in [3.05, 3.63) is 23.8 Å². The van der Waals surface area contributed by atoms with Crippen molar-refractivity contribution in [2.75, 3.05) is 19.9 Å². The number of hydrogen-bond acceptors (Lipinski definition) is 4. The Labute approximate surface area is 99.6 Å². The molecule has 1 heterocycles. The Bertz CT molecular complexity index is 419. The summed E-state index contributed by atoms with van der Waals surface area (Å²) in [6.07, 6.45) is 0. The smallest absolute Gasteiger partial charge is 0.317 e. The zero-order chi connectivity index (χ0) is 12.3. The van der Waals surface area contributed by atoms with Gasteiger partial charge in [0.05, 0.1) is 6.54 Å². The largest absolute Gasteiger partial charge is 0.480 e. The van der Waals surface area contributed by atoms with Crippen LogP contribution in [0.5, 0.6) is 11.5 Å². The van der Waals surface area contributed by atoms with Crippen LogP contribution < -0.4 is 9.47 Å². The number of fused-ring (bicyclic) bond motifs is 1. The third-order valence-electron chi connectivity index (χ3n) is 2.65. The van der Waals surface area contributed by atoms with Crippen LogP contribution in [0.3, 0.4) is 0 Å². The molecule has 0 unspecified atom stereocenters. The van der Waals surface area contributed by atoms with Gasteiger partial charge >= 0.3 is 5.97 Å². The summed E-state index contributed by atoms with van der Waals surface area (Å²) in [5.41, 5.74) is 1.03. The second kappa shape index (κ2) is 5.05. The van der Waals surface area contributed by atoms with E-state index in [0.29, 0.717) is 13.1 Å². The zero-order valence-corrected chi connectivity index (χ0v) is 9.68. The Balaban J connectivity index is 2.04. The quantitative estimate of drug-likeness (QED) is 0.837. The highest BCUT2D eigenvalue weighted by Crippen LogP contribution is 2.32. The summed E-state index contributed by atoms with van der Waals surface area (Å²) in [4.78, 5) is 12.5. The predicted molar refractivity (Wildman–Crippen MR) is 61.2 cm³/mol. The molecular weight excluding hydrogens is 222 g/mol. The molecule has 0 spiro atoms. The zero-order valence-electron chi connectivity index (χ0n) is 9.68. The van der Waals surface area contributed by atoms with Gasteiger partial charge in [-0.25, -0.2) is 0 Å². The molecule has 0 saturated carbocycles. The number of aliphatic carboxylic acids is 1. The summed E-state index contributed by atoms with van der Waals surface area (Å²) in [5.74, 6) is 0.663. The molecule has 2 rings (SSSR count). The molecule has 17 heavy (non-hydrogen) atoms. The van der Waals surface area contributed by atoms with Gasteiger partial charge in [-0.1, -0.05) is 13.0 Å². The monoisotopic (exact) mass is 237 g/mol. The van der Waals surface area contributed by atoms with Crippen molar-refractivity contribution in [1.82, 2.24) is 4.90 Å². The van der Waals surface area contributed by atoms with Crippen LogP contribution in [0, 0.1) is 0 Å². The molecule has 0 saturated heterocycles. The van der Waals surface area contributed by atoms with Crippen LogP contribution in [0.25, 0.3) is 0 Å². The molecular formula is C12H15NO4. The predicted octanol–water partition coefficient (Wildman–Crippen LogP) is 1.32. The number of hydrogen-bond donors (Lipinski definition) is 1. The van der Waals surface area contributed by atoms with E-state index in [4.69, 9.17) is 14.6 Å². The molecule has 0 radical (unpaired) electrons. The average molecular weight is 237 g/mol. The fourth-order valence-corrected chi connectivity index (χ4v) is 1.77. The van der Waals surface area contributed by atoms with Crippen molar-refractivity contribution in [1.29, 1.82) is 0 Å². The first-order valence-corrected chi connectivity index (χ1v) is 5.51. The summed E-state index contributed by atoms with van der Waals surface area (Å²) in [6, 6.07) is 5.68. The van der Waals surface area contributed by atoms with E-state index in [9.17, 15) is 4.79 Å². The van der Waals surface area contributed by atoms with Crippen LogP contribution in [-0.4, -0.2) is 35.9 Å². The minimum Gasteiger partial charge on any atom is -0.480 e. The van der Waals surface area contributed by atoms with E-state index in [1.165, 1.54) is 0 Å². The minimum absolute atomic E-state index is 0.0466. The number of carboxylic acids is 1. The van der Waals surface area contributed by atoms with Crippen molar-refractivity contribution < 1.29 is 19.4 Å². The second-order valence-corrected chi connectivity index (χ2v) is 3.88. The highest BCUT2D eigenvalue weighted by Gasteiger charge is 2.15. The first-order chi connectivity index (χ1) is 8.19. The average Bonchev–Trinajstić information content (AvgIpc) is 2.74. The molecule has 0 bridgehead atoms. The van der Waals surface area contributed by atoms with Gasteiger partial charge in [-0.3, -0.25) is 9.69 Å². The Morgan fingerprint density at radius 3 is 2.88 bits per heavy atom. The van der Waals surface area contributed by atoms with Crippen LogP contribution in [0.1, 0.15) is 12.5 Å². The van der Waals surface area contributed by atoms with Crippen molar-refractivity contribution in [2.24, 2.45) is 0 Å². The van der Waals surface area contributed by atoms with Crippen LogP contribution in [0.4, 0.5) is 0 Å². The normalized spacial score (nSPS) is 13.1. The van der Waals surface area contributed by atoms with Gasteiger partial charge in [0.1, 0.15) is 0 Å². The van der Waals surface area contributed by atoms with Gasteiger partial charge in [0.15, 0.2) is 11.5 Å². The van der Waals surface area contributed by atoms with Crippen molar-refractivity contribution >= 4 is 5.97 Å². The number of ether oxygens (including phenoxy) is 2. The standard InChI is InChI=1S/C12H15NO4/c1-2-13(7-12(14)15)6-9-3-4-10-11(5-9)17-8-16-10/h3-5H,2,6-8H2,1H3,(H,14,15). The summed E-state index contributed by atoms with van der Waals surface area (Å²) in [6.45, 7) is 3.53. The lowest BCUT2D eigenvalue weighted by molar-refractivity contribution is -0.138. The van der Waals surface area contributed by atoms with Crippen molar-refractivity contribution in [3.8, 4) is 11.5 Å². The molecule has 1 N–H and O–H groups in total. The topological polar surface area (TPSA) is 59.0 Å². The lowest BCUT2D eigenvalue weighted by Gasteiger charge is -2.17. The molecule has 0 fully saturated rings. The molecule has 0 atom stereocenters. The molecule has 5 heteroatoms. The van der Waals surface area contributed by atoms with E-state index < -0.39 is 5.97 Å². The van der Waals surface area contributed by atoms with Gasteiger partial charge in [0, 0.05) is 6.54 Å². The van der Waals surface area contributed by atoms with Gasteiger partial charge in [-0.2, -0.15) is 0 Å². The summed E-state index contributed by atoms with van der Waals surface area (Å²) in [7, 11) is 0. The Morgan fingerprint density at radius 2 is 2.18 bits per heavy atom. The van der Waals surface area contributed by atoms with Gasteiger partial charge in [-0.15, -0.1) is 0 Å². The number of carboxylic acid groups (broad SMARTS) is 1. The lowest BCUT2D eigenvalue weighted by atomic mass is 10.2. The molecule has 1 aromatic carbocycles. The number of nitrogens with zero attached hydrogens (tertiary/aromatic N) is 1. The summed E-state index contributed by atoms with van der Waals surface area (Å²) < 4.78 is 10.5. The first kappa shape index (κ1) is 11.7. The van der Waals surface area contributed by atoms with Crippen LogP contribution in [0.2, 0.25) is 0 Å². The fourth-order valence-electron chi connectivity index (χ4n) is 1.77. The van der Waals surface area contributed by atoms with E-state index >= 15 is 0 Å². The maximum absolute atomic E-state index is 10.7. The first-order valence-electron chi connectivity index (χ1n) is 5.51. The highest BCUT2D eigenvalue weighted by molar-refractivity contribution is 5.69. The summed E-state index contributed by atoms with van der Waals surface area (Å²) >= 11 is 0. The van der Waals surface area contributed by atoms with E-state index in [2.05, 4.69) is 0 Å². The number of benzene rings is 1.